The first-order chi connectivity index (χ1) is 8.75. The smallest absolute Gasteiger partial charge is 0.291 e. The maximum absolute atomic E-state index is 12.1. The van der Waals surface area contributed by atoms with E-state index in [1.54, 1.807) is 24.3 Å². The standard InChI is InChI=1S/C11H8N4O2S/c12-11-13-9(7-3-1-5-17-7)14-15(11)10(16)8-4-2-6-18-8/h1-6H,(H2,12,13,14). The molecule has 6 nitrogen and oxygen atoms in total. The number of furan rings is 1. The molecule has 3 aromatic rings. The summed E-state index contributed by atoms with van der Waals surface area (Å²) in [7, 11) is 0. The van der Waals surface area contributed by atoms with Crippen LogP contribution in [-0.2, 0) is 0 Å². The summed E-state index contributed by atoms with van der Waals surface area (Å²) in [5.74, 6) is 0.509. The van der Waals surface area contributed by atoms with Gasteiger partial charge in [-0.25, -0.2) is 0 Å². The van der Waals surface area contributed by atoms with Crippen LogP contribution in [0.25, 0.3) is 11.6 Å². The zero-order chi connectivity index (χ0) is 12.5. The predicted octanol–water partition coefficient (Wildman–Crippen LogP) is 1.87. The second-order valence-electron chi connectivity index (χ2n) is 3.47. The molecule has 0 bridgehead atoms. The van der Waals surface area contributed by atoms with Gasteiger partial charge in [0.2, 0.25) is 11.8 Å². The molecule has 3 aromatic heterocycles. The summed E-state index contributed by atoms with van der Waals surface area (Å²) in [6.07, 6.45) is 1.51. The van der Waals surface area contributed by atoms with E-state index in [0.717, 1.165) is 4.68 Å². The lowest BCUT2D eigenvalue weighted by molar-refractivity contribution is 0.0952. The molecule has 3 heterocycles. The van der Waals surface area contributed by atoms with Gasteiger partial charge in [-0.3, -0.25) is 4.79 Å². The van der Waals surface area contributed by atoms with Gasteiger partial charge in [0, 0.05) is 0 Å². The van der Waals surface area contributed by atoms with Crippen LogP contribution in [0.5, 0.6) is 0 Å². The number of carbonyl (C=O) groups is 1. The summed E-state index contributed by atoms with van der Waals surface area (Å²) in [5.41, 5.74) is 5.69. The van der Waals surface area contributed by atoms with Gasteiger partial charge in [0.25, 0.3) is 5.91 Å². The lowest BCUT2D eigenvalue weighted by Crippen LogP contribution is -2.15. The van der Waals surface area contributed by atoms with E-state index < -0.39 is 0 Å². The van der Waals surface area contributed by atoms with Crippen molar-refractivity contribution in [1.82, 2.24) is 14.8 Å². The molecule has 7 heteroatoms. The fraction of sp³-hybridized carbons (Fsp3) is 0. The van der Waals surface area contributed by atoms with Gasteiger partial charge in [-0.05, 0) is 23.6 Å². The minimum absolute atomic E-state index is 0.0415. The molecular formula is C11H8N4O2S. The highest BCUT2D eigenvalue weighted by Gasteiger charge is 2.18. The van der Waals surface area contributed by atoms with Crippen molar-refractivity contribution in [2.45, 2.75) is 0 Å². The first-order valence-corrected chi connectivity index (χ1v) is 5.98. The SMILES string of the molecule is Nc1nc(-c2ccco2)nn1C(=O)c1cccs1. The van der Waals surface area contributed by atoms with Crippen molar-refractivity contribution in [2.24, 2.45) is 0 Å². The average molecular weight is 260 g/mol. The number of anilines is 1. The van der Waals surface area contributed by atoms with E-state index in [4.69, 9.17) is 10.2 Å². The molecule has 18 heavy (non-hydrogen) atoms. The van der Waals surface area contributed by atoms with Crippen LogP contribution in [0.2, 0.25) is 0 Å². The van der Waals surface area contributed by atoms with Gasteiger partial charge < -0.3 is 10.2 Å². The number of rotatable bonds is 2. The number of nitrogens with two attached hydrogens (primary N) is 1. The van der Waals surface area contributed by atoms with Crippen LogP contribution >= 0.6 is 11.3 Å². The van der Waals surface area contributed by atoms with Gasteiger partial charge in [0.05, 0.1) is 11.1 Å². The zero-order valence-corrected chi connectivity index (χ0v) is 9.92. The van der Waals surface area contributed by atoms with Crippen molar-refractivity contribution in [3.63, 3.8) is 0 Å². The third-order valence-electron chi connectivity index (χ3n) is 2.30. The van der Waals surface area contributed by atoms with Crippen LogP contribution in [0, 0.1) is 0 Å². The second-order valence-corrected chi connectivity index (χ2v) is 4.41. The van der Waals surface area contributed by atoms with E-state index in [0.29, 0.717) is 16.5 Å². The minimum atomic E-state index is -0.298. The van der Waals surface area contributed by atoms with Crippen LogP contribution < -0.4 is 5.73 Å². The van der Waals surface area contributed by atoms with Gasteiger partial charge in [-0.2, -0.15) is 9.67 Å². The normalized spacial score (nSPS) is 10.7. The molecule has 0 atom stereocenters. The molecule has 0 aliphatic rings. The summed E-state index contributed by atoms with van der Waals surface area (Å²) < 4.78 is 6.23. The van der Waals surface area contributed by atoms with Gasteiger partial charge in [0.15, 0.2) is 5.76 Å². The van der Waals surface area contributed by atoms with E-state index in [9.17, 15) is 4.79 Å². The molecule has 0 aliphatic heterocycles. The van der Waals surface area contributed by atoms with Crippen LogP contribution in [-0.4, -0.2) is 20.7 Å². The number of thiophene rings is 1. The van der Waals surface area contributed by atoms with Crippen molar-refractivity contribution in [3.8, 4) is 11.6 Å². The molecule has 3 rings (SSSR count). The third-order valence-corrected chi connectivity index (χ3v) is 3.16. The van der Waals surface area contributed by atoms with Crippen molar-refractivity contribution in [3.05, 3.63) is 40.8 Å². The van der Waals surface area contributed by atoms with Crippen LogP contribution in [0.4, 0.5) is 5.95 Å². The van der Waals surface area contributed by atoms with Crippen LogP contribution in [0.3, 0.4) is 0 Å². The predicted molar refractivity (Wildman–Crippen MR) is 66.2 cm³/mol. The lowest BCUT2D eigenvalue weighted by atomic mass is 10.4. The molecule has 0 amide bonds. The number of carbonyl (C=O) groups excluding carboxylic acids is 1. The Kier molecular flexibility index (Phi) is 2.45. The molecule has 2 N–H and O–H groups in total. The van der Waals surface area contributed by atoms with E-state index in [2.05, 4.69) is 10.1 Å². The summed E-state index contributed by atoms with van der Waals surface area (Å²) in [6, 6.07) is 6.92. The van der Waals surface area contributed by atoms with E-state index in [1.165, 1.54) is 17.6 Å². The highest BCUT2D eigenvalue weighted by atomic mass is 32.1. The number of nitrogens with zero attached hydrogens (tertiary/aromatic N) is 3. The average Bonchev–Trinajstić information content (AvgIpc) is 3.10. The first-order valence-electron chi connectivity index (χ1n) is 5.10. The molecule has 0 aromatic carbocycles. The molecule has 0 spiro atoms. The highest BCUT2D eigenvalue weighted by Crippen LogP contribution is 2.18. The fourth-order valence-electron chi connectivity index (χ4n) is 1.49. The lowest BCUT2D eigenvalue weighted by Gasteiger charge is -1.97. The highest BCUT2D eigenvalue weighted by molar-refractivity contribution is 7.12. The second kappa shape index (κ2) is 4.11. The summed E-state index contributed by atoms with van der Waals surface area (Å²) in [4.78, 5) is 16.6. The molecule has 0 saturated carbocycles. The Balaban J connectivity index is 2.01. The summed E-state index contributed by atoms with van der Waals surface area (Å²) in [6.45, 7) is 0. The summed E-state index contributed by atoms with van der Waals surface area (Å²) in [5, 5.41) is 5.87. The Labute approximate surface area is 106 Å². The maximum atomic E-state index is 12.1. The van der Waals surface area contributed by atoms with E-state index >= 15 is 0 Å². The molecule has 90 valence electrons. The van der Waals surface area contributed by atoms with E-state index in [-0.39, 0.29) is 11.9 Å². The molecule has 0 fully saturated rings. The maximum Gasteiger partial charge on any atom is 0.291 e. The zero-order valence-electron chi connectivity index (χ0n) is 9.11. The van der Waals surface area contributed by atoms with Gasteiger partial charge in [-0.1, -0.05) is 6.07 Å². The largest absolute Gasteiger partial charge is 0.461 e. The topological polar surface area (TPSA) is 86.9 Å². The monoisotopic (exact) mass is 260 g/mol. The third kappa shape index (κ3) is 1.70. The molecular weight excluding hydrogens is 252 g/mol. The van der Waals surface area contributed by atoms with Crippen molar-refractivity contribution in [1.29, 1.82) is 0 Å². The van der Waals surface area contributed by atoms with Gasteiger partial charge >= 0.3 is 0 Å². The quantitative estimate of drug-likeness (QED) is 0.760. The Morgan fingerprint density at radius 3 is 2.94 bits per heavy atom. The number of aromatic nitrogens is 3. The van der Waals surface area contributed by atoms with Crippen LogP contribution in [0.15, 0.2) is 40.3 Å². The van der Waals surface area contributed by atoms with Crippen molar-refractivity contribution in [2.75, 3.05) is 5.73 Å². The van der Waals surface area contributed by atoms with Crippen molar-refractivity contribution < 1.29 is 9.21 Å². The number of nitrogen functional groups attached to an aromatic ring is 1. The molecule has 0 aliphatic carbocycles. The Hall–Kier alpha value is -2.41. The van der Waals surface area contributed by atoms with E-state index in [1.807, 2.05) is 5.38 Å². The Bertz CT molecular complexity index is 670. The molecule has 0 saturated heterocycles. The van der Waals surface area contributed by atoms with Crippen molar-refractivity contribution >= 4 is 23.2 Å². The number of hydrogen-bond donors (Lipinski definition) is 1. The van der Waals surface area contributed by atoms with Gasteiger partial charge in [0.1, 0.15) is 0 Å². The molecule has 0 unspecified atom stereocenters. The number of hydrogen-bond acceptors (Lipinski definition) is 6. The minimum Gasteiger partial charge on any atom is -0.461 e. The Morgan fingerprint density at radius 1 is 1.39 bits per heavy atom. The Morgan fingerprint density at radius 2 is 2.28 bits per heavy atom. The summed E-state index contributed by atoms with van der Waals surface area (Å²) >= 11 is 1.32. The van der Waals surface area contributed by atoms with Crippen LogP contribution in [0.1, 0.15) is 9.67 Å². The van der Waals surface area contributed by atoms with Gasteiger partial charge in [-0.15, -0.1) is 16.4 Å². The first kappa shape index (κ1) is 10.7. The molecule has 0 radical (unpaired) electrons. The fourth-order valence-corrected chi connectivity index (χ4v) is 2.14.